The maximum Gasteiger partial charge on any atom is 0.162 e. The molecule has 0 spiro atoms. The number of anilines is 2. The SMILES string of the molecule is COc1cc2ncnc(Nc3cc(Cl)cc(Cl)c3)c2cc1O. The Morgan fingerprint density at radius 1 is 1.05 bits per heavy atom. The van der Waals surface area contributed by atoms with Gasteiger partial charge < -0.3 is 15.2 Å². The van der Waals surface area contributed by atoms with E-state index in [1.807, 2.05) is 0 Å². The van der Waals surface area contributed by atoms with Gasteiger partial charge in [-0.15, -0.1) is 0 Å². The molecule has 3 aromatic rings. The highest BCUT2D eigenvalue weighted by atomic mass is 35.5. The average molecular weight is 336 g/mol. The van der Waals surface area contributed by atoms with Crippen LogP contribution >= 0.6 is 23.2 Å². The molecule has 22 heavy (non-hydrogen) atoms. The molecule has 0 aliphatic carbocycles. The summed E-state index contributed by atoms with van der Waals surface area (Å²) in [6.07, 6.45) is 1.42. The molecule has 0 atom stereocenters. The minimum Gasteiger partial charge on any atom is -0.504 e. The Labute approximate surface area is 136 Å². The number of phenols is 1. The fourth-order valence-electron chi connectivity index (χ4n) is 2.10. The van der Waals surface area contributed by atoms with Crippen LogP contribution in [0.25, 0.3) is 10.9 Å². The van der Waals surface area contributed by atoms with Crippen molar-refractivity contribution in [3.05, 3.63) is 46.7 Å². The Morgan fingerprint density at radius 2 is 1.77 bits per heavy atom. The van der Waals surface area contributed by atoms with E-state index in [1.54, 1.807) is 30.3 Å². The van der Waals surface area contributed by atoms with Gasteiger partial charge >= 0.3 is 0 Å². The maximum absolute atomic E-state index is 9.94. The molecule has 0 bridgehead atoms. The van der Waals surface area contributed by atoms with Crippen LogP contribution in [0, 0.1) is 0 Å². The number of fused-ring (bicyclic) bond motifs is 1. The second kappa shape index (κ2) is 5.87. The zero-order valence-corrected chi connectivity index (χ0v) is 13.0. The number of nitrogens with zero attached hydrogens (tertiary/aromatic N) is 2. The zero-order chi connectivity index (χ0) is 15.7. The predicted molar refractivity (Wildman–Crippen MR) is 87.5 cm³/mol. The summed E-state index contributed by atoms with van der Waals surface area (Å²) in [6, 6.07) is 8.28. The lowest BCUT2D eigenvalue weighted by Gasteiger charge is -2.11. The third kappa shape index (κ3) is 2.86. The number of hydrogen-bond donors (Lipinski definition) is 2. The largest absolute Gasteiger partial charge is 0.504 e. The molecule has 5 nitrogen and oxygen atoms in total. The first-order chi connectivity index (χ1) is 10.6. The molecule has 112 valence electrons. The summed E-state index contributed by atoms with van der Waals surface area (Å²) in [4.78, 5) is 8.37. The van der Waals surface area contributed by atoms with Crippen LogP contribution in [-0.2, 0) is 0 Å². The van der Waals surface area contributed by atoms with Gasteiger partial charge in [-0.2, -0.15) is 0 Å². The first-order valence-corrected chi connectivity index (χ1v) is 7.07. The van der Waals surface area contributed by atoms with Crippen LogP contribution < -0.4 is 10.1 Å². The molecule has 0 fully saturated rings. The van der Waals surface area contributed by atoms with Crippen LogP contribution in [0.2, 0.25) is 10.0 Å². The van der Waals surface area contributed by atoms with Crippen molar-refractivity contribution >= 4 is 45.6 Å². The number of rotatable bonds is 3. The molecular formula is C15H11Cl2N3O2. The average Bonchev–Trinajstić information content (AvgIpc) is 2.46. The van der Waals surface area contributed by atoms with Crippen LogP contribution in [0.3, 0.4) is 0 Å². The van der Waals surface area contributed by atoms with Crippen molar-refractivity contribution in [2.45, 2.75) is 0 Å². The summed E-state index contributed by atoms with van der Waals surface area (Å²) < 4.78 is 5.08. The second-order valence-electron chi connectivity index (χ2n) is 4.55. The van der Waals surface area contributed by atoms with Crippen molar-refractivity contribution in [1.82, 2.24) is 9.97 Å². The molecule has 0 aliphatic heterocycles. The molecule has 2 aromatic carbocycles. The minimum absolute atomic E-state index is 0.0111. The van der Waals surface area contributed by atoms with E-state index < -0.39 is 0 Å². The van der Waals surface area contributed by atoms with Crippen LogP contribution in [0.15, 0.2) is 36.7 Å². The summed E-state index contributed by atoms with van der Waals surface area (Å²) in [7, 11) is 1.48. The number of halogens is 2. The fraction of sp³-hybridized carbons (Fsp3) is 0.0667. The van der Waals surface area contributed by atoms with Crippen molar-refractivity contribution in [3.8, 4) is 11.5 Å². The van der Waals surface area contributed by atoms with Gasteiger partial charge in [0.05, 0.1) is 12.6 Å². The lowest BCUT2D eigenvalue weighted by atomic mass is 10.2. The molecule has 0 saturated heterocycles. The van der Waals surface area contributed by atoms with E-state index in [0.29, 0.717) is 38.2 Å². The Hall–Kier alpha value is -2.24. The molecule has 0 amide bonds. The van der Waals surface area contributed by atoms with Gasteiger partial charge in [0.25, 0.3) is 0 Å². The Bertz CT molecular complexity index is 835. The normalized spacial score (nSPS) is 10.7. The van der Waals surface area contributed by atoms with Crippen molar-refractivity contribution in [1.29, 1.82) is 0 Å². The van der Waals surface area contributed by atoms with E-state index in [1.165, 1.54) is 13.4 Å². The summed E-state index contributed by atoms with van der Waals surface area (Å²) in [6.45, 7) is 0. The van der Waals surface area contributed by atoms with Gasteiger partial charge in [0, 0.05) is 27.2 Å². The number of methoxy groups -OCH3 is 1. The zero-order valence-electron chi connectivity index (χ0n) is 11.5. The Kier molecular flexibility index (Phi) is 3.92. The number of ether oxygens (including phenoxy) is 1. The molecular weight excluding hydrogens is 325 g/mol. The number of aromatic hydroxyl groups is 1. The van der Waals surface area contributed by atoms with E-state index in [-0.39, 0.29) is 5.75 Å². The monoisotopic (exact) mass is 335 g/mol. The number of nitrogens with one attached hydrogen (secondary N) is 1. The van der Waals surface area contributed by atoms with Crippen molar-refractivity contribution in [2.75, 3.05) is 12.4 Å². The summed E-state index contributed by atoms with van der Waals surface area (Å²) in [5.41, 5.74) is 1.33. The third-order valence-electron chi connectivity index (χ3n) is 3.06. The van der Waals surface area contributed by atoms with E-state index in [4.69, 9.17) is 27.9 Å². The van der Waals surface area contributed by atoms with E-state index in [0.717, 1.165) is 0 Å². The molecule has 2 N–H and O–H groups in total. The Balaban J connectivity index is 2.09. The lowest BCUT2D eigenvalue weighted by molar-refractivity contribution is 0.374. The van der Waals surface area contributed by atoms with Crippen molar-refractivity contribution < 1.29 is 9.84 Å². The Morgan fingerprint density at radius 3 is 2.45 bits per heavy atom. The molecule has 3 rings (SSSR count). The summed E-state index contributed by atoms with van der Waals surface area (Å²) in [5, 5.41) is 14.7. The van der Waals surface area contributed by atoms with E-state index in [2.05, 4.69) is 15.3 Å². The predicted octanol–water partition coefficient (Wildman–Crippen LogP) is 4.39. The third-order valence-corrected chi connectivity index (χ3v) is 3.50. The van der Waals surface area contributed by atoms with Crippen molar-refractivity contribution in [2.24, 2.45) is 0 Å². The van der Waals surface area contributed by atoms with Gasteiger partial charge in [-0.25, -0.2) is 9.97 Å². The highest BCUT2D eigenvalue weighted by molar-refractivity contribution is 6.35. The molecule has 0 radical (unpaired) electrons. The first kappa shape index (κ1) is 14.7. The van der Waals surface area contributed by atoms with Crippen molar-refractivity contribution in [3.63, 3.8) is 0 Å². The highest BCUT2D eigenvalue weighted by Gasteiger charge is 2.10. The highest BCUT2D eigenvalue weighted by Crippen LogP contribution is 2.34. The van der Waals surface area contributed by atoms with Gasteiger partial charge in [0.15, 0.2) is 11.5 Å². The number of benzene rings is 2. The van der Waals surface area contributed by atoms with Gasteiger partial charge in [0.1, 0.15) is 12.1 Å². The molecule has 1 heterocycles. The van der Waals surface area contributed by atoms with Gasteiger partial charge in [-0.3, -0.25) is 0 Å². The van der Waals surface area contributed by atoms with Crippen LogP contribution in [0.1, 0.15) is 0 Å². The molecule has 1 aromatic heterocycles. The number of hydrogen-bond acceptors (Lipinski definition) is 5. The van der Waals surface area contributed by atoms with Gasteiger partial charge in [-0.1, -0.05) is 23.2 Å². The molecule has 7 heteroatoms. The van der Waals surface area contributed by atoms with Crippen LogP contribution in [-0.4, -0.2) is 22.2 Å². The van der Waals surface area contributed by atoms with Crippen LogP contribution in [0.4, 0.5) is 11.5 Å². The lowest BCUT2D eigenvalue weighted by Crippen LogP contribution is -1.96. The number of aromatic nitrogens is 2. The fourth-order valence-corrected chi connectivity index (χ4v) is 2.62. The first-order valence-electron chi connectivity index (χ1n) is 6.31. The number of phenolic OH excluding ortho intramolecular Hbond substituents is 1. The minimum atomic E-state index is 0.0111. The topological polar surface area (TPSA) is 67.3 Å². The summed E-state index contributed by atoms with van der Waals surface area (Å²) >= 11 is 12.0. The van der Waals surface area contributed by atoms with E-state index >= 15 is 0 Å². The smallest absolute Gasteiger partial charge is 0.162 e. The quantitative estimate of drug-likeness (QED) is 0.742. The van der Waals surface area contributed by atoms with Gasteiger partial charge in [-0.05, 0) is 24.3 Å². The molecule has 0 aliphatic rings. The van der Waals surface area contributed by atoms with Crippen LogP contribution in [0.5, 0.6) is 11.5 Å². The van der Waals surface area contributed by atoms with Gasteiger partial charge in [0.2, 0.25) is 0 Å². The maximum atomic E-state index is 9.94. The summed E-state index contributed by atoms with van der Waals surface area (Å²) in [5.74, 6) is 0.890. The second-order valence-corrected chi connectivity index (χ2v) is 5.42. The van der Waals surface area contributed by atoms with E-state index in [9.17, 15) is 5.11 Å². The molecule has 0 unspecified atom stereocenters. The molecule has 0 saturated carbocycles. The standard InChI is InChI=1S/C15H11Cl2N3O2/c1-22-14-6-12-11(5-13(14)21)15(19-7-18-12)20-10-3-8(16)2-9(17)4-10/h2-7,21H,1H3,(H,18,19,20).